The number of nitrogens with zero attached hydrogens (tertiary/aromatic N) is 1. The molecule has 0 aromatic heterocycles. The van der Waals surface area contributed by atoms with Gasteiger partial charge in [-0.15, -0.1) is 0 Å². The molecule has 96 valence electrons. The van der Waals surface area contributed by atoms with Crippen molar-refractivity contribution in [1.82, 2.24) is 4.31 Å². The highest BCUT2D eigenvalue weighted by molar-refractivity contribution is 7.89. The van der Waals surface area contributed by atoms with Crippen molar-refractivity contribution in [2.24, 2.45) is 0 Å². The van der Waals surface area contributed by atoms with Gasteiger partial charge in [-0.3, -0.25) is 0 Å². The van der Waals surface area contributed by atoms with E-state index in [1.54, 1.807) is 6.92 Å². The van der Waals surface area contributed by atoms with E-state index in [4.69, 9.17) is 5.11 Å². The minimum Gasteiger partial charge on any atom is -0.395 e. The molecule has 4 nitrogen and oxygen atoms in total. The summed E-state index contributed by atoms with van der Waals surface area (Å²) in [5.74, 6) is -0.473. The predicted octanol–water partition coefficient (Wildman–Crippen LogP) is 1.14. The van der Waals surface area contributed by atoms with Crippen LogP contribution in [-0.4, -0.2) is 37.5 Å². The average Bonchev–Trinajstić information content (AvgIpc) is 2.26. The third-order valence-electron chi connectivity index (χ3n) is 2.68. The molecular weight excluding hydrogens is 245 g/mol. The monoisotopic (exact) mass is 261 g/mol. The van der Waals surface area contributed by atoms with Gasteiger partial charge in [0.25, 0.3) is 0 Å². The zero-order chi connectivity index (χ0) is 13.2. The maximum absolute atomic E-state index is 12.9. The van der Waals surface area contributed by atoms with Gasteiger partial charge < -0.3 is 5.11 Å². The highest BCUT2D eigenvalue weighted by Crippen LogP contribution is 2.21. The zero-order valence-corrected chi connectivity index (χ0v) is 10.8. The summed E-state index contributed by atoms with van der Waals surface area (Å²) in [6, 6.07) is 2.99. The van der Waals surface area contributed by atoms with Crippen molar-refractivity contribution < 1.29 is 17.9 Å². The maximum atomic E-state index is 12.9. The van der Waals surface area contributed by atoms with Crippen LogP contribution in [0.2, 0.25) is 0 Å². The molecule has 1 aromatic rings. The molecule has 0 fully saturated rings. The molecule has 1 atom stereocenters. The number of aliphatic hydroxyl groups is 1. The van der Waals surface area contributed by atoms with Gasteiger partial charge in [0.1, 0.15) is 5.82 Å². The number of halogens is 1. The van der Waals surface area contributed by atoms with Crippen LogP contribution in [0, 0.1) is 12.7 Å². The second kappa shape index (κ2) is 5.12. The molecule has 0 aliphatic heterocycles. The topological polar surface area (TPSA) is 57.6 Å². The molecule has 0 heterocycles. The van der Waals surface area contributed by atoms with E-state index >= 15 is 0 Å². The Labute approximate surface area is 101 Å². The van der Waals surface area contributed by atoms with E-state index < -0.39 is 21.9 Å². The van der Waals surface area contributed by atoms with Crippen molar-refractivity contribution in [3.8, 4) is 0 Å². The fourth-order valence-corrected chi connectivity index (χ4v) is 2.97. The lowest BCUT2D eigenvalue weighted by molar-refractivity contribution is 0.214. The lowest BCUT2D eigenvalue weighted by Crippen LogP contribution is -2.37. The summed E-state index contributed by atoms with van der Waals surface area (Å²) >= 11 is 0. The van der Waals surface area contributed by atoms with Crippen molar-refractivity contribution in [2.75, 3.05) is 13.7 Å². The van der Waals surface area contributed by atoms with E-state index in [9.17, 15) is 12.8 Å². The van der Waals surface area contributed by atoms with Crippen LogP contribution in [0.4, 0.5) is 4.39 Å². The minimum atomic E-state index is -3.69. The maximum Gasteiger partial charge on any atom is 0.243 e. The normalized spacial score (nSPS) is 14.0. The van der Waals surface area contributed by atoms with Crippen molar-refractivity contribution >= 4 is 10.0 Å². The van der Waals surface area contributed by atoms with Crippen LogP contribution in [0.15, 0.2) is 23.1 Å². The average molecular weight is 261 g/mol. The Kier molecular flexibility index (Phi) is 4.24. The summed E-state index contributed by atoms with van der Waals surface area (Å²) in [6.07, 6.45) is 0. The van der Waals surface area contributed by atoms with Gasteiger partial charge in [-0.05, 0) is 37.6 Å². The number of hydrogen-bond acceptors (Lipinski definition) is 3. The summed E-state index contributed by atoms with van der Waals surface area (Å²) in [5.41, 5.74) is 0.349. The number of benzene rings is 1. The molecule has 1 N–H and O–H groups in total. The molecule has 0 radical (unpaired) electrons. The molecule has 1 rings (SSSR count). The molecule has 0 bridgehead atoms. The van der Waals surface area contributed by atoms with Crippen LogP contribution >= 0.6 is 0 Å². The van der Waals surface area contributed by atoms with Crippen molar-refractivity contribution in [3.63, 3.8) is 0 Å². The highest BCUT2D eigenvalue weighted by Gasteiger charge is 2.26. The van der Waals surface area contributed by atoms with Gasteiger partial charge >= 0.3 is 0 Å². The first-order valence-electron chi connectivity index (χ1n) is 5.15. The Morgan fingerprint density at radius 1 is 1.47 bits per heavy atom. The van der Waals surface area contributed by atoms with Crippen LogP contribution in [0.3, 0.4) is 0 Å². The number of aliphatic hydroxyl groups excluding tert-OH is 1. The van der Waals surface area contributed by atoms with Crippen molar-refractivity contribution in [2.45, 2.75) is 24.8 Å². The standard InChI is InChI=1S/C11H16FNO3S/c1-8-6-10(12)4-5-11(8)17(15,16)13(3)9(2)7-14/h4-6,9,14H,7H2,1-3H3. The van der Waals surface area contributed by atoms with Crippen molar-refractivity contribution in [3.05, 3.63) is 29.6 Å². The fourth-order valence-electron chi connectivity index (χ4n) is 1.41. The summed E-state index contributed by atoms with van der Waals surface area (Å²) in [4.78, 5) is 0.0571. The Morgan fingerprint density at radius 2 is 2.06 bits per heavy atom. The molecule has 0 aliphatic carbocycles. The van der Waals surface area contributed by atoms with E-state index in [0.717, 1.165) is 10.4 Å². The van der Waals surface area contributed by atoms with Gasteiger partial charge in [0.2, 0.25) is 10.0 Å². The molecule has 17 heavy (non-hydrogen) atoms. The van der Waals surface area contributed by atoms with Gasteiger partial charge in [0.15, 0.2) is 0 Å². The number of hydrogen-bond donors (Lipinski definition) is 1. The summed E-state index contributed by atoms with van der Waals surface area (Å²) in [6.45, 7) is 2.86. The Bertz CT molecular complexity index is 501. The zero-order valence-electron chi connectivity index (χ0n) is 10.0. The number of sulfonamides is 1. The molecule has 1 unspecified atom stereocenters. The van der Waals surface area contributed by atoms with Gasteiger partial charge in [0.05, 0.1) is 11.5 Å². The first-order chi connectivity index (χ1) is 7.80. The van der Waals surface area contributed by atoms with E-state index in [-0.39, 0.29) is 11.5 Å². The van der Waals surface area contributed by atoms with Gasteiger partial charge in [-0.1, -0.05) is 0 Å². The quantitative estimate of drug-likeness (QED) is 0.884. The number of aryl methyl sites for hydroxylation is 1. The molecule has 0 aliphatic rings. The van der Waals surface area contributed by atoms with Gasteiger partial charge in [0, 0.05) is 13.1 Å². The van der Waals surface area contributed by atoms with E-state index in [1.807, 2.05) is 0 Å². The molecule has 0 amide bonds. The lowest BCUT2D eigenvalue weighted by Gasteiger charge is -2.23. The summed E-state index contributed by atoms with van der Waals surface area (Å²) < 4.78 is 38.3. The van der Waals surface area contributed by atoms with E-state index in [2.05, 4.69) is 0 Å². The molecular formula is C11H16FNO3S. The molecule has 0 spiro atoms. The highest BCUT2D eigenvalue weighted by atomic mass is 32.2. The Morgan fingerprint density at radius 3 is 2.53 bits per heavy atom. The van der Waals surface area contributed by atoms with Crippen LogP contribution in [0.1, 0.15) is 12.5 Å². The third kappa shape index (κ3) is 2.83. The SMILES string of the molecule is Cc1cc(F)ccc1S(=O)(=O)N(C)C(C)CO. The fraction of sp³-hybridized carbons (Fsp3) is 0.455. The van der Waals surface area contributed by atoms with E-state index in [1.165, 1.54) is 26.1 Å². The Balaban J connectivity index is 3.22. The van der Waals surface area contributed by atoms with Crippen LogP contribution < -0.4 is 0 Å². The molecule has 0 saturated heterocycles. The third-order valence-corrected chi connectivity index (χ3v) is 4.81. The number of likely N-dealkylation sites (N-methyl/N-ethyl adjacent to an activating group) is 1. The van der Waals surface area contributed by atoms with Gasteiger partial charge in [-0.25, -0.2) is 12.8 Å². The minimum absolute atomic E-state index is 0.0571. The van der Waals surface area contributed by atoms with Crippen LogP contribution in [0.5, 0.6) is 0 Å². The van der Waals surface area contributed by atoms with E-state index in [0.29, 0.717) is 5.56 Å². The molecule has 1 aromatic carbocycles. The second-order valence-electron chi connectivity index (χ2n) is 3.96. The lowest BCUT2D eigenvalue weighted by atomic mass is 10.2. The van der Waals surface area contributed by atoms with Crippen molar-refractivity contribution in [1.29, 1.82) is 0 Å². The van der Waals surface area contributed by atoms with Gasteiger partial charge in [-0.2, -0.15) is 4.31 Å². The predicted molar refractivity (Wildman–Crippen MR) is 62.6 cm³/mol. The smallest absolute Gasteiger partial charge is 0.243 e. The molecule has 0 saturated carbocycles. The second-order valence-corrected chi connectivity index (χ2v) is 5.93. The first kappa shape index (κ1) is 14.1. The number of rotatable bonds is 4. The largest absolute Gasteiger partial charge is 0.395 e. The Hall–Kier alpha value is -0.980. The van der Waals surface area contributed by atoms with Crippen LogP contribution in [0.25, 0.3) is 0 Å². The molecule has 6 heteroatoms. The summed E-state index contributed by atoms with van der Waals surface area (Å²) in [7, 11) is -2.30. The first-order valence-corrected chi connectivity index (χ1v) is 6.59. The van der Waals surface area contributed by atoms with Crippen LogP contribution in [-0.2, 0) is 10.0 Å². The summed E-state index contributed by atoms with van der Waals surface area (Å²) in [5, 5.41) is 8.96.